The second kappa shape index (κ2) is 11.0. The van der Waals surface area contributed by atoms with Gasteiger partial charge >= 0.3 is 4.87 Å². The van der Waals surface area contributed by atoms with Crippen molar-refractivity contribution in [2.75, 3.05) is 13.1 Å². The zero-order valence-corrected chi connectivity index (χ0v) is 18.6. The van der Waals surface area contributed by atoms with Crippen LogP contribution < -0.4 is 15.5 Å². The van der Waals surface area contributed by atoms with Gasteiger partial charge in [-0.1, -0.05) is 47.7 Å². The predicted octanol–water partition coefficient (Wildman–Crippen LogP) is 3.42. The number of benzene rings is 2. The highest BCUT2D eigenvalue weighted by Crippen LogP contribution is 2.28. The maximum atomic E-state index is 14.1. The van der Waals surface area contributed by atoms with E-state index in [2.05, 4.69) is 15.6 Å². The van der Waals surface area contributed by atoms with Crippen LogP contribution in [0.2, 0.25) is 0 Å². The maximum Gasteiger partial charge on any atom is 0.305 e. The lowest BCUT2D eigenvalue weighted by atomic mass is 10.1. The zero-order valence-electron chi connectivity index (χ0n) is 17.8. The van der Waals surface area contributed by atoms with Crippen LogP contribution in [-0.2, 0) is 21.9 Å². The van der Waals surface area contributed by atoms with Crippen LogP contribution in [0.5, 0.6) is 5.75 Å². The van der Waals surface area contributed by atoms with Gasteiger partial charge in [-0.25, -0.2) is 0 Å². The summed E-state index contributed by atoms with van der Waals surface area (Å²) in [5, 5.41) is 14.8. The highest BCUT2D eigenvalue weighted by Gasteiger charge is 2.31. The first-order valence-corrected chi connectivity index (χ1v) is 11.4. The SMILES string of the molecule is O=C(CCCCC(=O)NCC(F)(F)c1ccccc1)NCCc1ccc(O)c2[nH]c(=O)sc12. The lowest BCUT2D eigenvalue weighted by Gasteiger charge is -2.17. The average Bonchev–Trinajstić information content (AvgIpc) is 3.20. The van der Waals surface area contributed by atoms with Gasteiger partial charge in [-0.3, -0.25) is 14.4 Å². The van der Waals surface area contributed by atoms with E-state index in [4.69, 9.17) is 0 Å². The third-order valence-electron chi connectivity index (χ3n) is 5.12. The van der Waals surface area contributed by atoms with Gasteiger partial charge in [0.05, 0.1) is 11.2 Å². The van der Waals surface area contributed by atoms with Crippen molar-refractivity contribution < 1.29 is 23.5 Å². The number of alkyl halides is 2. The summed E-state index contributed by atoms with van der Waals surface area (Å²) in [7, 11) is 0. The molecule has 3 rings (SSSR count). The molecule has 0 aliphatic heterocycles. The van der Waals surface area contributed by atoms with Crippen LogP contribution in [0.3, 0.4) is 0 Å². The number of rotatable bonds is 11. The third-order valence-corrected chi connectivity index (χ3v) is 6.07. The number of carbonyl (C=O) groups is 2. The Kier molecular flexibility index (Phi) is 8.16. The number of fused-ring (bicyclic) bond motifs is 1. The molecule has 3 aromatic rings. The molecule has 0 aliphatic carbocycles. The fourth-order valence-electron chi connectivity index (χ4n) is 3.35. The number of phenols is 1. The van der Waals surface area contributed by atoms with E-state index in [1.165, 1.54) is 30.3 Å². The standard InChI is InChI=1S/C23H25F2N3O4S/c24-23(25,16-6-2-1-3-7-16)14-27-19(31)9-5-4-8-18(30)26-13-12-15-10-11-17(29)20-21(15)33-22(32)28-20/h1-3,6-7,10-11,29H,4-5,8-9,12-14H2,(H,26,30)(H,27,31)(H,28,32). The molecule has 33 heavy (non-hydrogen) atoms. The van der Waals surface area contributed by atoms with E-state index in [-0.39, 0.29) is 34.9 Å². The number of hydrogen-bond donors (Lipinski definition) is 4. The second-order valence-corrected chi connectivity index (χ2v) is 8.60. The van der Waals surface area contributed by atoms with Crippen molar-refractivity contribution in [2.45, 2.75) is 38.0 Å². The molecular weight excluding hydrogens is 452 g/mol. The first-order chi connectivity index (χ1) is 15.8. The van der Waals surface area contributed by atoms with E-state index in [0.29, 0.717) is 36.0 Å². The topological polar surface area (TPSA) is 111 Å². The molecule has 2 aromatic carbocycles. The molecule has 2 amide bonds. The Morgan fingerprint density at radius 1 is 1.00 bits per heavy atom. The molecule has 1 aromatic heterocycles. The Morgan fingerprint density at radius 2 is 1.67 bits per heavy atom. The number of H-pyrrole nitrogens is 1. The van der Waals surface area contributed by atoms with E-state index in [1.807, 2.05) is 0 Å². The van der Waals surface area contributed by atoms with E-state index < -0.39 is 18.4 Å². The number of aromatic amines is 1. The van der Waals surface area contributed by atoms with Crippen molar-refractivity contribution in [3.63, 3.8) is 0 Å². The van der Waals surface area contributed by atoms with Gasteiger partial charge in [0.2, 0.25) is 11.8 Å². The van der Waals surface area contributed by atoms with Crippen molar-refractivity contribution >= 4 is 33.4 Å². The number of carbonyl (C=O) groups excluding carboxylic acids is 2. The normalized spacial score (nSPS) is 11.5. The number of phenolic OH excluding ortho intramolecular Hbond substituents is 1. The molecule has 0 saturated heterocycles. The number of amides is 2. The Morgan fingerprint density at radius 3 is 2.36 bits per heavy atom. The van der Waals surface area contributed by atoms with Crippen LogP contribution in [0.25, 0.3) is 10.2 Å². The number of hydrogen-bond acceptors (Lipinski definition) is 5. The first-order valence-electron chi connectivity index (χ1n) is 10.6. The molecule has 0 saturated carbocycles. The number of halogens is 2. The Hall–Kier alpha value is -3.27. The Balaban J connectivity index is 1.32. The van der Waals surface area contributed by atoms with Crippen LogP contribution in [0.1, 0.15) is 36.8 Å². The van der Waals surface area contributed by atoms with E-state index >= 15 is 0 Å². The Bertz CT molecular complexity index is 1160. The van der Waals surface area contributed by atoms with Crippen molar-refractivity contribution in [2.24, 2.45) is 0 Å². The third kappa shape index (κ3) is 6.85. The molecule has 0 atom stereocenters. The van der Waals surface area contributed by atoms with E-state index in [0.717, 1.165) is 16.9 Å². The molecule has 0 aliphatic rings. The summed E-state index contributed by atoms with van der Waals surface area (Å²) in [5.74, 6) is -3.80. The summed E-state index contributed by atoms with van der Waals surface area (Å²) < 4.78 is 28.8. The molecule has 0 radical (unpaired) electrons. The minimum atomic E-state index is -3.14. The first kappa shape index (κ1) is 24.4. The number of thiazole rings is 1. The molecule has 10 heteroatoms. The number of unbranched alkanes of at least 4 members (excludes halogenated alkanes) is 1. The minimum absolute atomic E-state index is 0.00366. The molecule has 176 valence electrons. The summed E-state index contributed by atoms with van der Waals surface area (Å²) >= 11 is 1.01. The smallest absolute Gasteiger partial charge is 0.305 e. The van der Waals surface area contributed by atoms with Gasteiger partial charge in [0.25, 0.3) is 5.92 Å². The minimum Gasteiger partial charge on any atom is -0.506 e. The predicted molar refractivity (Wildman–Crippen MR) is 123 cm³/mol. The molecule has 4 N–H and O–H groups in total. The van der Waals surface area contributed by atoms with E-state index in [1.54, 1.807) is 12.1 Å². The highest BCUT2D eigenvalue weighted by molar-refractivity contribution is 7.16. The van der Waals surface area contributed by atoms with Gasteiger partial charge in [-0.05, 0) is 30.9 Å². The van der Waals surface area contributed by atoms with Gasteiger partial charge < -0.3 is 20.7 Å². The molecule has 7 nitrogen and oxygen atoms in total. The number of aromatic nitrogens is 1. The fourth-order valence-corrected chi connectivity index (χ4v) is 4.25. The molecule has 1 heterocycles. The van der Waals surface area contributed by atoms with Crippen LogP contribution >= 0.6 is 11.3 Å². The summed E-state index contributed by atoms with van der Waals surface area (Å²) in [5.41, 5.74) is 1.09. The summed E-state index contributed by atoms with van der Waals surface area (Å²) in [6, 6.07) is 10.5. The highest BCUT2D eigenvalue weighted by atomic mass is 32.1. The summed E-state index contributed by atoms with van der Waals surface area (Å²) in [6.45, 7) is -0.406. The number of nitrogens with one attached hydrogen (secondary N) is 3. The van der Waals surface area contributed by atoms with Crippen molar-refractivity contribution in [1.82, 2.24) is 15.6 Å². The largest absolute Gasteiger partial charge is 0.506 e. The van der Waals surface area contributed by atoms with Gasteiger partial charge in [0.1, 0.15) is 11.3 Å². The molecule has 0 spiro atoms. The van der Waals surface area contributed by atoms with Crippen molar-refractivity contribution in [1.29, 1.82) is 0 Å². The number of aromatic hydroxyl groups is 1. The van der Waals surface area contributed by atoms with Gasteiger partial charge in [0, 0.05) is 24.9 Å². The lowest BCUT2D eigenvalue weighted by molar-refractivity contribution is -0.124. The molecular formula is C23H25F2N3O4S. The quantitative estimate of drug-likeness (QED) is 0.317. The van der Waals surface area contributed by atoms with Crippen LogP contribution in [-0.4, -0.2) is 35.0 Å². The van der Waals surface area contributed by atoms with Gasteiger partial charge in [-0.2, -0.15) is 8.78 Å². The van der Waals surface area contributed by atoms with Gasteiger partial charge in [-0.15, -0.1) is 0 Å². The second-order valence-electron chi connectivity index (χ2n) is 7.62. The van der Waals surface area contributed by atoms with Crippen LogP contribution in [0.4, 0.5) is 8.78 Å². The zero-order chi connectivity index (χ0) is 23.8. The van der Waals surface area contributed by atoms with Crippen LogP contribution in [0, 0.1) is 0 Å². The van der Waals surface area contributed by atoms with Gasteiger partial charge in [0.15, 0.2) is 0 Å². The monoisotopic (exact) mass is 477 g/mol. The molecule has 0 bridgehead atoms. The molecule has 0 unspecified atom stereocenters. The summed E-state index contributed by atoms with van der Waals surface area (Å²) in [6.07, 6.45) is 1.64. The van der Waals surface area contributed by atoms with Crippen molar-refractivity contribution in [3.8, 4) is 5.75 Å². The Labute approximate surface area is 192 Å². The average molecular weight is 478 g/mol. The van der Waals surface area contributed by atoms with Crippen molar-refractivity contribution in [3.05, 3.63) is 63.3 Å². The fraction of sp³-hybridized carbons (Fsp3) is 0.348. The molecule has 0 fully saturated rings. The maximum absolute atomic E-state index is 14.1. The van der Waals surface area contributed by atoms with Crippen LogP contribution in [0.15, 0.2) is 47.3 Å². The van der Waals surface area contributed by atoms with E-state index in [9.17, 15) is 28.3 Å². The summed E-state index contributed by atoms with van der Waals surface area (Å²) in [4.78, 5) is 37.7. The lowest BCUT2D eigenvalue weighted by Crippen LogP contribution is -2.34.